The van der Waals surface area contributed by atoms with E-state index in [1.54, 1.807) is 0 Å². The minimum atomic E-state index is -0.446. The summed E-state index contributed by atoms with van der Waals surface area (Å²) in [4.78, 5) is 25.7. The molecule has 2 aromatic carbocycles. The molecule has 39 heavy (non-hydrogen) atoms. The highest BCUT2D eigenvalue weighted by atomic mass is 16.5. The van der Waals surface area contributed by atoms with Crippen LogP contribution >= 0.6 is 0 Å². The second kappa shape index (κ2) is 14.9. The van der Waals surface area contributed by atoms with Crippen LogP contribution in [0.4, 0.5) is 0 Å². The average molecular weight is 535 g/mol. The number of carbonyl (C=O) groups excluding carboxylic acids is 2. The SMILES string of the molecule is CC[C@H](Oc1ccccc1)C(=O)NC1CCC(CC2CCC(NC(=O)[C@H](CC)Oc3ccccc3)CC2)CC1. The van der Waals surface area contributed by atoms with Gasteiger partial charge in [0, 0.05) is 12.1 Å². The van der Waals surface area contributed by atoms with Crippen LogP contribution in [-0.4, -0.2) is 36.1 Å². The summed E-state index contributed by atoms with van der Waals surface area (Å²) in [5.41, 5.74) is 0. The first-order valence-electron chi connectivity index (χ1n) is 15.1. The second-order valence-electron chi connectivity index (χ2n) is 11.3. The van der Waals surface area contributed by atoms with E-state index in [0.29, 0.717) is 12.8 Å². The maximum absolute atomic E-state index is 12.8. The molecule has 0 aromatic heterocycles. The van der Waals surface area contributed by atoms with E-state index >= 15 is 0 Å². The highest BCUT2D eigenvalue weighted by Gasteiger charge is 2.30. The number of hydrogen-bond donors (Lipinski definition) is 2. The summed E-state index contributed by atoms with van der Waals surface area (Å²) in [6.07, 6.45) is 10.6. The molecule has 0 aliphatic heterocycles. The minimum absolute atomic E-state index is 0.00431. The first-order chi connectivity index (χ1) is 19.0. The van der Waals surface area contributed by atoms with Crippen LogP contribution in [0, 0.1) is 11.8 Å². The Kier molecular flexibility index (Phi) is 11.1. The Hall–Kier alpha value is -3.02. The number of benzene rings is 2. The summed E-state index contributed by atoms with van der Waals surface area (Å²) in [6.45, 7) is 3.98. The lowest BCUT2D eigenvalue weighted by Gasteiger charge is -2.35. The van der Waals surface area contributed by atoms with E-state index in [-0.39, 0.29) is 23.9 Å². The lowest BCUT2D eigenvalue weighted by atomic mass is 9.75. The van der Waals surface area contributed by atoms with Gasteiger partial charge in [0.25, 0.3) is 11.8 Å². The highest BCUT2D eigenvalue weighted by molar-refractivity contribution is 5.81. The molecule has 2 N–H and O–H groups in total. The van der Waals surface area contributed by atoms with Crippen LogP contribution in [0.25, 0.3) is 0 Å². The van der Waals surface area contributed by atoms with Crippen LogP contribution in [-0.2, 0) is 9.59 Å². The third-order valence-corrected chi connectivity index (χ3v) is 8.42. The van der Waals surface area contributed by atoms with Crippen molar-refractivity contribution in [3.8, 4) is 11.5 Å². The fourth-order valence-electron chi connectivity index (χ4n) is 6.12. The number of nitrogens with one attached hydrogen (secondary N) is 2. The molecular formula is C33H46N2O4. The molecule has 6 heteroatoms. The van der Waals surface area contributed by atoms with Crippen LogP contribution < -0.4 is 20.1 Å². The van der Waals surface area contributed by atoms with Crippen molar-refractivity contribution < 1.29 is 19.1 Å². The molecular weight excluding hydrogens is 488 g/mol. The summed E-state index contributed by atoms with van der Waals surface area (Å²) in [5, 5.41) is 6.51. The van der Waals surface area contributed by atoms with Gasteiger partial charge in [-0.1, -0.05) is 50.2 Å². The fraction of sp³-hybridized carbons (Fsp3) is 0.576. The van der Waals surface area contributed by atoms with Crippen LogP contribution in [0.1, 0.15) is 84.5 Å². The molecule has 6 nitrogen and oxygen atoms in total. The molecule has 0 heterocycles. The quantitative estimate of drug-likeness (QED) is 0.328. The van der Waals surface area contributed by atoms with Crippen molar-refractivity contribution in [2.45, 2.75) is 109 Å². The fourth-order valence-corrected chi connectivity index (χ4v) is 6.12. The monoisotopic (exact) mass is 534 g/mol. The van der Waals surface area contributed by atoms with E-state index < -0.39 is 12.2 Å². The van der Waals surface area contributed by atoms with Gasteiger partial charge in [-0.25, -0.2) is 0 Å². The van der Waals surface area contributed by atoms with Gasteiger partial charge in [0.1, 0.15) is 11.5 Å². The Morgan fingerprint density at radius 3 is 1.33 bits per heavy atom. The van der Waals surface area contributed by atoms with Crippen molar-refractivity contribution in [3.05, 3.63) is 60.7 Å². The van der Waals surface area contributed by atoms with E-state index in [1.807, 2.05) is 74.5 Å². The van der Waals surface area contributed by atoms with Crippen molar-refractivity contribution in [3.63, 3.8) is 0 Å². The molecule has 0 spiro atoms. The number of amides is 2. The van der Waals surface area contributed by atoms with Gasteiger partial charge in [-0.05, 0) is 107 Å². The van der Waals surface area contributed by atoms with Crippen LogP contribution in [0.15, 0.2) is 60.7 Å². The molecule has 2 aliphatic rings. The maximum atomic E-state index is 12.8. The zero-order valence-electron chi connectivity index (χ0n) is 23.6. The van der Waals surface area contributed by atoms with E-state index in [4.69, 9.17) is 9.47 Å². The number of rotatable bonds is 12. The molecule has 2 amide bonds. The van der Waals surface area contributed by atoms with Crippen LogP contribution in [0.3, 0.4) is 0 Å². The van der Waals surface area contributed by atoms with Crippen molar-refractivity contribution >= 4 is 11.8 Å². The van der Waals surface area contributed by atoms with Gasteiger partial charge in [-0.2, -0.15) is 0 Å². The summed E-state index contributed by atoms with van der Waals surface area (Å²) in [6, 6.07) is 19.7. The van der Waals surface area contributed by atoms with Crippen LogP contribution in [0.5, 0.6) is 11.5 Å². The Morgan fingerprint density at radius 2 is 1.00 bits per heavy atom. The lowest BCUT2D eigenvalue weighted by Crippen LogP contribution is -2.45. The summed E-state index contributed by atoms with van der Waals surface area (Å²) in [5.74, 6) is 2.96. The van der Waals surface area contributed by atoms with E-state index in [1.165, 1.54) is 32.1 Å². The molecule has 2 aromatic rings. The average Bonchev–Trinajstić information content (AvgIpc) is 2.97. The van der Waals surface area contributed by atoms with Gasteiger partial charge in [0.15, 0.2) is 12.2 Å². The van der Waals surface area contributed by atoms with E-state index in [9.17, 15) is 9.59 Å². The van der Waals surface area contributed by atoms with Gasteiger partial charge < -0.3 is 20.1 Å². The molecule has 0 saturated heterocycles. The van der Waals surface area contributed by atoms with Gasteiger partial charge in [-0.15, -0.1) is 0 Å². The third kappa shape index (κ3) is 9.01. The highest BCUT2D eigenvalue weighted by Crippen LogP contribution is 2.35. The molecule has 2 atom stereocenters. The topological polar surface area (TPSA) is 76.7 Å². The molecule has 0 radical (unpaired) electrons. The van der Waals surface area contributed by atoms with Gasteiger partial charge in [0.2, 0.25) is 0 Å². The molecule has 212 valence electrons. The predicted octanol–water partition coefficient (Wildman–Crippen LogP) is 6.44. The van der Waals surface area contributed by atoms with Crippen molar-refractivity contribution in [2.24, 2.45) is 11.8 Å². The zero-order chi connectivity index (χ0) is 27.5. The minimum Gasteiger partial charge on any atom is -0.481 e. The molecule has 0 bridgehead atoms. The maximum Gasteiger partial charge on any atom is 0.261 e. The number of carbonyl (C=O) groups is 2. The Bertz CT molecular complexity index is 917. The van der Waals surface area contributed by atoms with Crippen molar-refractivity contribution in [1.29, 1.82) is 0 Å². The van der Waals surface area contributed by atoms with Crippen LogP contribution in [0.2, 0.25) is 0 Å². The number of para-hydroxylation sites is 2. The Morgan fingerprint density at radius 1 is 0.641 bits per heavy atom. The summed E-state index contributed by atoms with van der Waals surface area (Å²) < 4.78 is 11.8. The molecule has 4 rings (SSSR count). The second-order valence-corrected chi connectivity index (χ2v) is 11.3. The lowest BCUT2D eigenvalue weighted by molar-refractivity contribution is -0.129. The van der Waals surface area contributed by atoms with Crippen molar-refractivity contribution in [1.82, 2.24) is 10.6 Å². The molecule has 2 saturated carbocycles. The zero-order valence-corrected chi connectivity index (χ0v) is 23.6. The summed E-state index contributed by atoms with van der Waals surface area (Å²) >= 11 is 0. The Balaban J connectivity index is 1.13. The standard InChI is InChI=1S/C33H46N2O4/c1-3-30(38-28-11-7-5-8-12-28)32(36)34-26-19-15-24(16-20-26)23-25-17-21-27(22-18-25)35-33(37)31(4-2)39-29-13-9-6-10-14-29/h5-14,24-27,30-31H,3-4,15-23H2,1-2H3,(H,34,36)(H,35,37)/t24?,25?,26?,27?,30-,31-/m0/s1. The Labute approximate surface area is 234 Å². The van der Waals surface area contributed by atoms with Gasteiger partial charge in [-0.3, -0.25) is 9.59 Å². The molecule has 2 fully saturated rings. The van der Waals surface area contributed by atoms with Crippen molar-refractivity contribution in [2.75, 3.05) is 0 Å². The third-order valence-electron chi connectivity index (χ3n) is 8.42. The van der Waals surface area contributed by atoms with E-state index in [0.717, 1.165) is 49.0 Å². The summed E-state index contributed by atoms with van der Waals surface area (Å²) in [7, 11) is 0. The van der Waals surface area contributed by atoms with Gasteiger partial charge >= 0.3 is 0 Å². The van der Waals surface area contributed by atoms with E-state index in [2.05, 4.69) is 10.6 Å². The molecule has 2 aliphatic carbocycles. The first-order valence-corrected chi connectivity index (χ1v) is 15.1. The normalized spacial score (nSPS) is 24.7. The smallest absolute Gasteiger partial charge is 0.261 e. The number of ether oxygens (including phenoxy) is 2. The largest absolute Gasteiger partial charge is 0.481 e. The number of hydrogen-bond acceptors (Lipinski definition) is 4. The van der Waals surface area contributed by atoms with Gasteiger partial charge in [0.05, 0.1) is 0 Å². The predicted molar refractivity (Wildman–Crippen MR) is 155 cm³/mol. The first kappa shape index (κ1) is 29.0. The molecule has 0 unspecified atom stereocenters.